The highest BCUT2D eigenvalue weighted by Crippen LogP contribution is 2.34. The van der Waals surface area contributed by atoms with E-state index in [0.717, 1.165) is 31.6 Å². The highest BCUT2D eigenvalue weighted by molar-refractivity contribution is 5.83. The minimum atomic E-state index is -0.546. The van der Waals surface area contributed by atoms with Gasteiger partial charge in [-0.1, -0.05) is 17.3 Å². The van der Waals surface area contributed by atoms with E-state index in [0.29, 0.717) is 36.3 Å². The van der Waals surface area contributed by atoms with Gasteiger partial charge in [-0.25, -0.2) is 0 Å². The molecule has 1 saturated heterocycles. The number of furan rings is 1. The van der Waals surface area contributed by atoms with Crippen molar-refractivity contribution in [2.45, 2.75) is 31.9 Å². The molecular weight excluding hydrogens is 372 g/mol. The van der Waals surface area contributed by atoms with Gasteiger partial charge < -0.3 is 23.5 Å². The number of amides is 1. The van der Waals surface area contributed by atoms with Crippen molar-refractivity contribution < 1.29 is 18.5 Å². The van der Waals surface area contributed by atoms with Crippen molar-refractivity contribution in [2.24, 2.45) is 0 Å². The van der Waals surface area contributed by atoms with E-state index in [9.17, 15) is 4.79 Å². The molecular formula is C21H22N4O4. The van der Waals surface area contributed by atoms with Crippen LogP contribution in [-0.4, -0.2) is 46.7 Å². The minimum Gasteiger partial charge on any atom is -0.477 e. The average molecular weight is 394 g/mol. The van der Waals surface area contributed by atoms with Crippen molar-refractivity contribution in [2.75, 3.05) is 24.5 Å². The number of ether oxygens (including phenoxy) is 1. The predicted octanol–water partition coefficient (Wildman–Crippen LogP) is 3.11. The highest BCUT2D eigenvalue weighted by atomic mass is 16.5. The Bertz CT molecular complexity index is 978. The van der Waals surface area contributed by atoms with E-state index >= 15 is 0 Å². The summed E-state index contributed by atoms with van der Waals surface area (Å²) >= 11 is 0. The number of aromatic nitrogens is 2. The molecule has 1 atom stereocenters. The molecule has 1 fully saturated rings. The van der Waals surface area contributed by atoms with Gasteiger partial charge in [-0.05, 0) is 43.5 Å². The number of likely N-dealkylation sites (tertiary alicyclic amines) is 1. The maximum Gasteiger partial charge on any atom is 0.265 e. The number of rotatable bonds is 4. The van der Waals surface area contributed by atoms with Gasteiger partial charge >= 0.3 is 0 Å². The van der Waals surface area contributed by atoms with Gasteiger partial charge in [0, 0.05) is 13.1 Å². The zero-order chi connectivity index (χ0) is 19.6. The summed E-state index contributed by atoms with van der Waals surface area (Å²) in [5.41, 5.74) is 0.910. The number of piperidine rings is 1. The lowest BCUT2D eigenvalue weighted by atomic mass is 10.1. The van der Waals surface area contributed by atoms with Crippen LogP contribution in [0, 0.1) is 0 Å². The number of anilines is 1. The molecule has 0 radical (unpaired) electrons. The normalized spacial score (nSPS) is 19.0. The lowest BCUT2D eigenvalue weighted by molar-refractivity contribution is -0.139. The molecule has 29 heavy (non-hydrogen) atoms. The second-order valence-electron chi connectivity index (χ2n) is 7.33. The third-order valence-corrected chi connectivity index (χ3v) is 5.34. The number of carbonyl (C=O) groups excluding carboxylic acids is 1. The van der Waals surface area contributed by atoms with E-state index in [1.807, 2.05) is 29.2 Å². The summed E-state index contributed by atoms with van der Waals surface area (Å²) in [5, 5.41) is 3.99. The van der Waals surface area contributed by atoms with Crippen LogP contribution in [0.25, 0.3) is 11.6 Å². The van der Waals surface area contributed by atoms with Crippen LogP contribution in [0.2, 0.25) is 0 Å². The van der Waals surface area contributed by atoms with Crippen molar-refractivity contribution in [1.29, 1.82) is 0 Å². The quantitative estimate of drug-likeness (QED) is 0.672. The first kappa shape index (κ1) is 17.8. The first-order chi connectivity index (χ1) is 14.3. The van der Waals surface area contributed by atoms with Gasteiger partial charge in [0.1, 0.15) is 5.75 Å². The van der Waals surface area contributed by atoms with Crippen LogP contribution in [0.4, 0.5) is 5.69 Å². The second kappa shape index (κ2) is 7.62. The number of hydrogen-bond donors (Lipinski definition) is 0. The summed E-state index contributed by atoms with van der Waals surface area (Å²) in [7, 11) is 0. The molecule has 0 N–H and O–H groups in total. The zero-order valence-electron chi connectivity index (χ0n) is 16.0. The van der Waals surface area contributed by atoms with Gasteiger partial charge in [0.05, 0.1) is 25.0 Å². The van der Waals surface area contributed by atoms with Crippen molar-refractivity contribution in [3.05, 3.63) is 48.6 Å². The van der Waals surface area contributed by atoms with E-state index < -0.39 is 6.10 Å². The fourth-order valence-corrected chi connectivity index (χ4v) is 3.89. The Balaban J connectivity index is 1.37. The molecule has 2 aliphatic rings. The van der Waals surface area contributed by atoms with Gasteiger partial charge in [0.15, 0.2) is 11.9 Å². The Morgan fingerprint density at radius 2 is 1.97 bits per heavy atom. The molecule has 150 valence electrons. The van der Waals surface area contributed by atoms with Crippen molar-refractivity contribution in [1.82, 2.24) is 15.0 Å². The number of para-hydroxylation sites is 2. The third kappa shape index (κ3) is 3.57. The van der Waals surface area contributed by atoms with E-state index in [1.165, 1.54) is 6.42 Å². The topological polar surface area (TPSA) is 84.8 Å². The molecule has 0 saturated carbocycles. The maximum absolute atomic E-state index is 13.0. The number of nitrogens with zero attached hydrogens (tertiary/aromatic N) is 4. The lowest BCUT2D eigenvalue weighted by Gasteiger charge is -2.37. The molecule has 8 nitrogen and oxygen atoms in total. The van der Waals surface area contributed by atoms with Gasteiger partial charge in [0.25, 0.3) is 5.91 Å². The molecule has 1 unspecified atom stereocenters. The van der Waals surface area contributed by atoms with E-state index in [-0.39, 0.29) is 5.91 Å². The predicted molar refractivity (Wildman–Crippen MR) is 104 cm³/mol. The Morgan fingerprint density at radius 1 is 1.10 bits per heavy atom. The van der Waals surface area contributed by atoms with E-state index in [1.54, 1.807) is 18.4 Å². The van der Waals surface area contributed by atoms with Crippen LogP contribution in [0.5, 0.6) is 5.75 Å². The largest absolute Gasteiger partial charge is 0.477 e. The van der Waals surface area contributed by atoms with Crippen LogP contribution in [0.1, 0.15) is 25.2 Å². The fraction of sp³-hybridized carbons (Fsp3) is 0.381. The molecule has 2 aliphatic heterocycles. The SMILES string of the molecule is O=C(C1CN(Cc2nc(-c3ccco3)no2)c2ccccc2O1)N1CCCCC1. The molecule has 3 aromatic rings. The summed E-state index contributed by atoms with van der Waals surface area (Å²) in [6.07, 6.45) is 4.31. The highest BCUT2D eigenvalue weighted by Gasteiger charge is 2.34. The van der Waals surface area contributed by atoms with Gasteiger partial charge in [-0.15, -0.1) is 0 Å². The maximum atomic E-state index is 13.0. The summed E-state index contributed by atoms with van der Waals surface area (Å²) in [6.45, 7) is 2.43. The Morgan fingerprint density at radius 3 is 2.79 bits per heavy atom. The van der Waals surface area contributed by atoms with E-state index in [2.05, 4.69) is 15.0 Å². The number of benzene rings is 1. The molecule has 1 amide bonds. The van der Waals surface area contributed by atoms with Crippen LogP contribution >= 0.6 is 0 Å². The smallest absolute Gasteiger partial charge is 0.265 e. The van der Waals surface area contributed by atoms with Crippen LogP contribution in [0.3, 0.4) is 0 Å². The number of carbonyl (C=O) groups is 1. The summed E-state index contributed by atoms with van der Waals surface area (Å²) in [5.74, 6) is 2.16. The molecule has 4 heterocycles. The molecule has 8 heteroatoms. The second-order valence-corrected chi connectivity index (χ2v) is 7.33. The first-order valence-electron chi connectivity index (χ1n) is 9.94. The molecule has 2 aromatic heterocycles. The van der Waals surface area contributed by atoms with Gasteiger partial charge in [-0.3, -0.25) is 4.79 Å². The Labute approximate surface area is 168 Å². The third-order valence-electron chi connectivity index (χ3n) is 5.34. The standard InChI is InChI=1S/C21H22N4O4/c26-21(24-10-4-1-5-11-24)18-13-25(15-7-2-3-8-16(15)28-18)14-19-22-20(23-29-19)17-9-6-12-27-17/h2-3,6-9,12,18H,1,4-5,10-11,13-14H2. The van der Waals surface area contributed by atoms with Crippen molar-refractivity contribution in [3.8, 4) is 17.3 Å². The Hall–Kier alpha value is -3.29. The van der Waals surface area contributed by atoms with Crippen molar-refractivity contribution in [3.63, 3.8) is 0 Å². The Kier molecular flexibility index (Phi) is 4.67. The monoisotopic (exact) mass is 394 g/mol. The first-order valence-corrected chi connectivity index (χ1v) is 9.94. The summed E-state index contributed by atoms with van der Waals surface area (Å²) in [4.78, 5) is 21.4. The molecule has 5 rings (SSSR count). The van der Waals surface area contributed by atoms with Gasteiger partial charge in [0.2, 0.25) is 11.7 Å². The number of fused-ring (bicyclic) bond motifs is 1. The minimum absolute atomic E-state index is 0.0472. The van der Waals surface area contributed by atoms with Gasteiger partial charge in [-0.2, -0.15) is 4.98 Å². The average Bonchev–Trinajstić information content (AvgIpc) is 3.46. The van der Waals surface area contributed by atoms with Crippen LogP contribution in [-0.2, 0) is 11.3 Å². The fourth-order valence-electron chi connectivity index (χ4n) is 3.89. The molecule has 0 bridgehead atoms. The van der Waals surface area contributed by atoms with Crippen LogP contribution in [0.15, 0.2) is 51.6 Å². The van der Waals surface area contributed by atoms with E-state index in [4.69, 9.17) is 13.7 Å². The lowest BCUT2D eigenvalue weighted by Crippen LogP contribution is -2.51. The summed E-state index contributed by atoms with van der Waals surface area (Å²) in [6, 6.07) is 11.3. The zero-order valence-corrected chi connectivity index (χ0v) is 16.0. The molecule has 0 aliphatic carbocycles. The molecule has 0 spiro atoms. The van der Waals surface area contributed by atoms with Crippen LogP contribution < -0.4 is 9.64 Å². The molecule has 1 aromatic carbocycles. The van der Waals surface area contributed by atoms with Crippen molar-refractivity contribution >= 4 is 11.6 Å². The number of hydrogen-bond acceptors (Lipinski definition) is 7. The summed E-state index contributed by atoms with van der Waals surface area (Å²) < 4.78 is 16.8.